The molecule has 0 atom stereocenters. The maximum absolute atomic E-state index is 13.3. The van der Waals surface area contributed by atoms with Crippen molar-refractivity contribution in [3.8, 4) is 0 Å². The number of rotatable bonds is 6. The molecule has 0 N–H and O–H groups in total. The van der Waals surface area contributed by atoms with Gasteiger partial charge in [0, 0.05) is 18.5 Å². The zero-order chi connectivity index (χ0) is 23.4. The standard InChI is InChI=1S/C25H29FN4O3/c1-3-33-25(32)19-8-4-17(5-9-19)14-23(31)29-13-12-21-22(16-29)30(28-24(21)27-2)15-18-6-10-20(26)11-7-18/h6-7,10-11,17,19H,3-5,8-9,12-16H2,1H3. The van der Waals surface area contributed by atoms with E-state index >= 15 is 0 Å². The van der Waals surface area contributed by atoms with E-state index < -0.39 is 0 Å². The highest BCUT2D eigenvalue weighted by Crippen LogP contribution is 2.33. The zero-order valence-electron chi connectivity index (χ0n) is 18.9. The second-order valence-electron chi connectivity index (χ2n) is 8.88. The Labute approximate surface area is 193 Å². The van der Waals surface area contributed by atoms with Gasteiger partial charge in [0.15, 0.2) is 0 Å². The molecule has 1 amide bonds. The number of halogens is 1. The maximum atomic E-state index is 13.3. The molecule has 1 aromatic heterocycles. The summed E-state index contributed by atoms with van der Waals surface area (Å²) in [6.45, 7) is 11.1. The molecule has 7 nitrogen and oxygen atoms in total. The van der Waals surface area contributed by atoms with Crippen molar-refractivity contribution in [3.05, 3.63) is 58.3 Å². The van der Waals surface area contributed by atoms with Crippen LogP contribution >= 0.6 is 0 Å². The predicted octanol–water partition coefficient (Wildman–Crippen LogP) is 4.27. The van der Waals surface area contributed by atoms with Gasteiger partial charge in [0.1, 0.15) is 5.82 Å². The highest BCUT2D eigenvalue weighted by molar-refractivity contribution is 5.77. The van der Waals surface area contributed by atoms with Crippen LogP contribution in [0.25, 0.3) is 4.85 Å². The van der Waals surface area contributed by atoms with Crippen LogP contribution < -0.4 is 0 Å². The average molecular weight is 453 g/mol. The molecule has 33 heavy (non-hydrogen) atoms. The van der Waals surface area contributed by atoms with E-state index in [4.69, 9.17) is 11.3 Å². The number of ether oxygens (including phenoxy) is 1. The minimum absolute atomic E-state index is 0.0401. The Morgan fingerprint density at radius 1 is 1.21 bits per heavy atom. The van der Waals surface area contributed by atoms with E-state index in [0.29, 0.717) is 44.9 Å². The van der Waals surface area contributed by atoms with Gasteiger partial charge in [0.05, 0.1) is 31.3 Å². The lowest BCUT2D eigenvalue weighted by molar-refractivity contribution is -0.149. The van der Waals surface area contributed by atoms with Crippen LogP contribution in [0.2, 0.25) is 0 Å². The van der Waals surface area contributed by atoms with E-state index in [1.807, 2.05) is 11.8 Å². The van der Waals surface area contributed by atoms with Gasteiger partial charge in [-0.05, 0) is 67.7 Å². The minimum Gasteiger partial charge on any atom is -0.466 e. The molecule has 0 radical (unpaired) electrons. The number of carbonyl (C=O) groups excluding carboxylic acids is 2. The van der Waals surface area contributed by atoms with E-state index in [1.54, 1.807) is 16.8 Å². The number of amides is 1. The fourth-order valence-corrected chi connectivity index (χ4v) is 4.89. The molecule has 0 bridgehead atoms. The van der Waals surface area contributed by atoms with Crippen LogP contribution in [0.1, 0.15) is 55.8 Å². The first kappa shape index (κ1) is 23.0. The number of esters is 1. The lowest BCUT2D eigenvalue weighted by Gasteiger charge is -2.31. The van der Waals surface area contributed by atoms with Gasteiger partial charge in [-0.1, -0.05) is 18.7 Å². The van der Waals surface area contributed by atoms with Gasteiger partial charge in [-0.3, -0.25) is 9.59 Å². The van der Waals surface area contributed by atoms with Crippen LogP contribution in [0.4, 0.5) is 10.2 Å². The summed E-state index contributed by atoms with van der Waals surface area (Å²) in [6, 6.07) is 6.24. The zero-order valence-corrected chi connectivity index (χ0v) is 18.9. The summed E-state index contributed by atoms with van der Waals surface area (Å²) in [4.78, 5) is 30.5. The molecule has 0 saturated heterocycles. The first-order valence-electron chi connectivity index (χ1n) is 11.6. The lowest BCUT2D eigenvalue weighted by Crippen LogP contribution is -2.38. The molecule has 2 heterocycles. The van der Waals surface area contributed by atoms with Gasteiger partial charge >= 0.3 is 5.97 Å². The van der Waals surface area contributed by atoms with Crippen LogP contribution in [0.5, 0.6) is 0 Å². The monoisotopic (exact) mass is 452 g/mol. The normalized spacial score (nSPS) is 20.1. The van der Waals surface area contributed by atoms with Gasteiger partial charge < -0.3 is 14.5 Å². The molecule has 2 aromatic rings. The summed E-state index contributed by atoms with van der Waals surface area (Å²) >= 11 is 0. The van der Waals surface area contributed by atoms with Crippen molar-refractivity contribution in [1.29, 1.82) is 0 Å². The largest absolute Gasteiger partial charge is 0.466 e. The summed E-state index contributed by atoms with van der Waals surface area (Å²) in [6.07, 6.45) is 4.36. The van der Waals surface area contributed by atoms with Gasteiger partial charge in [-0.15, -0.1) is 0 Å². The summed E-state index contributed by atoms with van der Waals surface area (Å²) in [5.41, 5.74) is 2.68. The first-order valence-corrected chi connectivity index (χ1v) is 11.6. The average Bonchev–Trinajstić information content (AvgIpc) is 3.18. The Kier molecular flexibility index (Phi) is 7.07. The molecule has 1 fully saturated rings. The maximum Gasteiger partial charge on any atom is 0.308 e. The summed E-state index contributed by atoms with van der Waals surface area (Å²) in [5.74, 6) is 0.330. The second-order valence-corrected chi connectivity index (χ2v) is 8.88. The summed E-state index contributed by atoms with van der Waals surface area (Å²) < 4.78 is 20.2. The van der Waals surface area contributed by atoms with Crippen LogP contribution in [0, 0.1) is 24.2 Å². The number of nitrogens with zero attached hydrogens (tertiary/aromatic N) is 4. The molecule has 1 aliphatic carbocycles. The Bertz CT molecular complexity index is 1050. The lowest BCUT2D eigenvalue weighted by atomic mass is 9.80. The number of hydrogen-bond donors (Lipinski definition) is 0. The topological polar surface area (TPSA) is 68.8 Å². The fraction of sp³-hybridized carbons (Fsp3) is 0.520. The molecule has 4 rings (SSSR count). The smallest absolute Gasteiger partial charge is 0.308 e. The number of hydrogen-bond acceptors (Lipinski definition) is 4. The number of fused-ring (bicyclic) bond motifs is 1. The van der Waals surface area contributed by atoms with Gasteiger partial charge in [-0.25, -0.2) is 4.39 Å². The van der Waals surface area contributed by atoms with E-state index in [0.717, 1.165) is 42.5 Å². The molecule has 174 valence electrons. The van der Waals surface area contributed by atoms with Crippen LogP contribution in [-0.2, 0) is 33.8 Å². The third kappa shape index (κ3) is 5.24. The second kappa shape index (κ2) is 10.2. The van der Waals surface area contributed by atoms with Crippen molar-refractivity contribution < 1.29 is 18.7 Å². The highest BCUT2D eigenvalue weighted by Gasteiger charge is 2.32. The van der Waals surface area contributed by atoms with Crippen LogP contribution in [0.15, 0.2) is 24.3 Å². The highest BCUT2D eigenvalue weighted by atomic mass is 19.1. The Morgan fingerprint density at radius 2 is 1.94 bits per heavy atom. The van der Waals surface area contributed by atoms with E-state index in [1.165, 1.54) is 12.1 Å². The van der Waals surface area contributed by atoms with Crippen molar-refractivity contribution in [2.45, 2.75) is 58.5 Å². The molecule has 1 aromatic carbocycles. The van der Waals surface area contributed by atoms with E-state index in [2.05, 4.69) is 9.94 Å². The molecule has 2 aliphatic rings. The molecule has 8 heteroatoms. The molecule has 0 unspecified atom stereocenters. The Balaban J connectivity index is 1.39. The van der Waals surface area contributed by atoms with Gasteiger partial charge in [0.2, 0.25) is 5.91 Å². The van der Waals surface area contributed by atoms with Crippen molar-refractivity contribution in [2.75, 3.05) is 13.2 Å². The van der Waals surface area contributed by atoms with Gasteiger partial charge in [-0.2, -0.15) is 4.68 Å². The Hall–Kier alpha value is -3.21. The quantitative estimate of drug-likeness (QED) is 0.485. The van der Waals surface area contributed by atoms with Crippen LogP contribution in [-0.4, -0.2) is 39.7 Å². The third-order valence-electron chi connectivity index (χ3n) is 6.75. The van der Waals surface area contributed by atoms with Crippen molar-refractivity contribution in [2.24, 2.45) is 11.8 Å². The third-order valence-corrected chi connectivity index (χ3v) is 6.75. The number of carbonyl (C=O) groups is 2. The van der Waals surface area contributed by atoms with E-state index in [-0.39, 0.29) is 29.5 Å². The summed E-state index contributed by atoms with van der Waals surface area (Å²) in [7, 11) is 0. The number of benzene rings is 1. The fourth-order valence-electron chi connectivity index (χ4n) is 4.89. The van der Waals surface area contributed by atoms with Crippen LogP contribution in [0.3, 0.4) is 0 Å². The molecular formula is C25H29FN4O3. The van der Waals surface area contributed by atoms with Gasteiger partial charge in [0.25, 0.3) is 5.82 Å². The van der Waals surface area contributed by atoms with E-state index in [9.17, 15) is 14.0 Å². The summed E-state index contributed by atoms with van der Waals surface area (Å²) in [5, 5.41) is 4.46. The SMILES string of the molecule is [C-]#[N+]c1nn(Cc2ccc(F)cc2)c2c1CCN(C(=O)CC1CCC(C(=O)OCC)CC1)C2. The molecule has 1 saturated carbocycles. The van der Waals surface area contributed by atoms with Crippen molar-refractivity contribution in [3.63, 3.8) is 0 Å². The predicted molar refractivity (Wildman–Crippen MR) is 120 cm³/mol. The molecule has 0 spiro atoms. The first-order chi connectivity index (χ1) is 16.0. The molecule has 1 aliphatic heterocycles. The van der Waals surface area contributed by atoms with Crippen molar-refractivity contribution in [1.82, 2.24) is 14.7 Å². The number of aromatic nitrogens is 2. The molecular weight excluding hydrogens is 423 g/mol. The van der Waals surface area contributed by atoms with Crippen molar-refractivity contribution >= 4 is 17.7 Å². The minimum atomic E-state index is -0.295. The Morgan fingerprint density at radius 3 is 2.61 bits per heavy atom.